The first-order valence-electron chi connectivity index (χ1n) is 4.99. The number of nitrogens with zero attached hydrogens (tertiary/aromatic N) is 2. The summed E-state index contributed by atoms with van der Waals surface area (Å²) in [5, 5.41) is 0. The molecule has 0 saturated heterocycles. The van der Waals surface area contributed by atoms with E-state index in [4.69, 9.17) is 15.2 Å². The Kier molecular flexibility index (Phi) is 2.73. The number of hydrogen-bond acceptors (Lipinski definition) is 5. The molecule has 1 aliphatic carbocycles. The topological polar surface area (TPSA) is 70.3 Å². The van der Waals surface area contributed by atoms with Crippen molar-refractivity contribution in [2.75, 3.05) is 7.11 Å². The summed E-state index contributed by atoms with van der Waals surface area (Å²) in [7, 11) is 1.57. The fourth-order valence-electron chi connectivity index (χ4n) is 1.52. The van der Waals surface area contributed by atoms with Crippen LogP contribution in [-0.2, 0) is 0 Å². The highest BCUT2D eigenvalue weighted by Crippen LogP contribution is 2.23. The third-order valence-corrected chi connectivity index (χ3v) is 2.42. The van der Waals surface area contributed by atoms with Gasteiger partial charge in [-0.25, -0.2) is 4.98 Å². The van der Waals surface area contributed by atoms with E-state index < -0.39 is 0 Å². The van der Waals surface area contributed by atoms with E-state index >= 15 is 0 Å². The van der Waals surface area contributed by atoms with Gasteiger partial charge in [0.05, 0.1) is 7.11 Å². The summed E-state index contributed by atoms with van der Waals surface area (Å²) < 4.78 is 10.6. The van der Waals surface area contributed by atoms with Crippen LogP contribution in [-0.4, -0.2) is 29.2 Å². The van der Waals surface area contributed by atoms with Gasteiger partial charge in [-0.1, -0.05) is 0 Å². The van der Waals surface area contributed by atoms with Crippen molar-refractivity contribution in [3.05, 3.63) is 11.8 Å². The largest absolute Gasteiger partial charge is 0.481 e. The SMILES string of the molecule is COc1cc(C)nc(OC2CC(N)C2)n1. The van der Waals surface area contributed by atoms with Crippen molar-refractivity contribution in [1.82, 2.24) is 9.97 Å². The van der Waals surface area contributed by atoms with Crippen LogP contribution in [0, 0.1) is 6.92 Å². The molecule has 2 rings (SSSR count). The number of aryl methyl sites for hydroxylation is 1. The smallest absolute Gasteiger partial charge is 0.320 e. The van der Waals surface area contributed by atoms with E-state index in [0.717, 1.165) is 18.5 Å². The Morgan fingerprint density at radius 1 is 1.40 bits per heavy atom. The van der Waals surface area contributed by atoms with Crippen molar-refractivity contribution in [3.8, 4) is 11.9 Å². The lowest BCUT2D eigenvalue weighted by atomic mass is 9.90. The predicted octanol–water partition coefficient (Wildman–Crippen LogP) is 0.662. The highest BCUT2D eigenvalue weighted by atomic mass is 16.5. The van der Waals surface area contributed by atoms with Crippen LogP contribution >= 0.6 is 0 Å². The molecule has 1 heterocycles. The van der Waals surface area contributed by atoms with E-state index in [1.54, 1.807) is 13.2 Å². The van der Waals surface area contributed by atoms with Gasteiger partial charge in [0.25, 0.3) is 0 Å². The van der Waals surface area contributed by atoms with Gasteiger partial charge >= 0.3 is 6.01 Å². The molecule has 1 fully saturated rings. The summed E-state index contributed by atoms with van der Waals surface area (Å²) in [4.78, 5) is 8.28. The highest BCUT2D eigenvalue weighted by Gasteiger charge is 2.28. The minimum absolute atomic E-state index is 0.159. The minimum atomic E-state index is 0.159. The summed E-state index contributed by atoms with van der Waals surface area (Å²) in [6.45, 7) is 1.88. The van der Waals surface area contributed by atoms with Gasteiger partial charge in [-0.3, -0.25) is 0 Å². The molecular weight excluding hydrogens is 194 g/mol. The van der Waals surface area contributed by atoms with Crippen LogP contribution in [0.15, 0.2) is 6.07 Å². The zero-order valence-corrected chi connectivity index (χ0v) is 8.93. The molecule has 1 aromatic rings. The van der Waals surface area contributed by atoms with Gasteiger partial charge in [0.1, 0.15) is 6.10 Å². The quantitative estimate of drug-likeness (QED) is 0.792. The van der Waals surface area contributed by atoms with Crippen molar-refractivity contribution in [2.24, 2.45) is 5.73 Å². The second kappa shape index (κ2) is 4.02. The monoisotopic (exact) mass is 209 g/mol. The Morgan fingerprint density at radius 2 is 2.13 bits per heavy atom. The maximum atomic E-state index is 5.66. The number of hydrogen-bond donors (Lipinski definition) is 1. The van der Waals surface area contributed by atoms with E-state index in [2.05, 4.69) is 9.97 Å². The van der Waals surface area contributed by atoms with Crippen molar-refractivity contribution >= 4 is 0 Å². The molecule has 2 N–H and O–H groups in total. The molecule has 0 atom stereocenters. The predicted molar refractivity (Wildman–Crippen MR) is 54.9 cm³/mol. The average molecular weight is 209 g/mol. The molecule has 5 heteroatoms. The lowest BCUT2D eigenvalue weighted by molar-refractivity contribution is 0.0894. The third kappa shape index (κ3) is 2.36. The van der Waals surface area contributed by atoms with E-state index in [1.807, 2.05) is 6.92 Å². The second-order valence-corrected chi connectivity index (χ2v) is 3.81. The molecule has 0 unspecified atom stereocenters. The Hall–Kier alpha value is -1.36. The number of aromatic nitrogens is 2. The van der Waals surface area contributed by atoms with Crippen molar-refractivity contribution < 1.29 is 9.47 Å². The normalized spacial score (nSPS) is 24.5. The van der Waals surface area contributed by atoms with Crippen molar-refractivity contribution in [3.63, 3.8) is 0 Å². The summed E-state index contributed by atoms with van der Waals surface area (Å²) >= 11 is 0. The molecule has 82 valence electrons. The number of nitrogens with two attached hydrogens (primary N) is 1. The van der Waals surface area contributed by atoms with Gasteiger partial charge in [-0.05, 0) is 19.8 Å². The van der Waals surface area contributed by atoms with Crippen LogP contribution < -0.4 is 15.2 Å². The molecule has 0 spiro atoms. The molecule has 0 radical (unpaired) electrons. The molecule has 5 nitrogen and oxygen atoms in total. The first-order valence-corrected chi connectivity index (χ1v) is 4.99. The standard InChI is InChI=1S/C10H15N3O2/c1-6-3-9(14-2)13-10(12-6)15-8-4-7(11)5-8/h3,7-8H,4-5,11H2,1-2H3. The van der Waals surface area contributed by atoms with Crippen LogP contribution in [0.25, 0.3) is 0 Å². The first-order chi connectivity index (χ1) is 7.17. The molecular formula is C10H15N3O2. The molecule has 0 bridgehead atoms. The van der Waals surface area contributed by atoms with E-state index in [1.165, 1.54) is 0 Å². The number of ether oxygens (including phenoxy) is 2. The fraction of sp³-hybridized carbons (Fsp3) is 0.600. The van der Waals surface area contributed by atoms with Crippen LogP contribution in [0.3, 0.4) is 0 Å². The van der Waals surface area contributed by atoms with Crippen LogP contribution in [0.5, 0.6) is 11.9 Å². The molecule has 0 aromatic carbocycles. The summed E-state index contributed by atoms with van der Waals surface area (Å²) in [5.41, 5.74) is 6.50. The fourth-order valence-corrected chi connectivity index (χ4v) is 1.52. The molecule has 1 aromatic heterocycles. The van der Waals surface area contributed by atoms with Gasteiger partial charge in [0.2, 0.25) is 5.88 Å². The number of methoxy groups -OCH3 is 1. The van der Waals surface area contributed by atoms with Crippen LogP contribution in [0.1, 0.15) is 18.5 Å². The van der Waals surface area contributed by atoms with Crippen LogP contribution in [0.4, 0.5) is 0 Å². The number of rotatable bonds is 3. The van der Waals surface area contributed by atoms with Crippen molar-refractivity contribution in [1.29, 1.82) is 0 Å². The second-order valence-electron chi connectivity index (χ2n) is 3.81. The van der Waals surface area contributed by atoms with Crippen LogP contribution in [0.2, 0.25) is 0 Å². The van der Waals surface area contributed by atoms with Gasteiger partial charge < -0.3 is 15.2 Å². The summed E-state index contributed by atoms with van der Waals surface area (Å²) in [6.07, 6.45) is 1.91. The zero-order valence-electron chi connectivity index (χ0n) is 8.93. The zero-order chi connectivity index (χ0) is 10.8. The summed E-state index contributed by atoms with van der Waals surface area (Å²) in [5.74, 6) is 0.529. The molecule has 1 saturated carbocycles. The van der Waals surface area contributed by atoms with E-state index in [-0.39, 0.29) is 12.1 Å². The molecule has 15 heavy (non-hydrogen) atoms. The first kappa shape index (κ1) is 10.2. The van der Waals surface area contributed by atoms with Gasteiger partial charge in [-0.15, -0.1) is 0 Å². The van der Waals surface area contributed by atoms with Crippen molar-refractivity contribution in [2.45, 2.75) is 31.9 Å². The highest BCUT2D eigenvalue weighted by molar-refractivity contribution is 5.17. The van der Waals surface area contributed by atoms with Gasteiger partial charge in [0.15, 0.2) is 0 Å². The lowest BCUT2D eigenvalue weighted by Crippen LogP contribution is -2.43. The van der Waals surface area contributed by atoms with E-state index in [0.29, 0.717) is 11.9 Å². The molecule has 1 aliphatic rings. The Labute approximate surface area is 88.6 Å². The average Bonchev–Trinajstić information content (AvgIpc) is 2.14. The molecule has 0 amide bonds. The Balaban J connectivity index is 2.04. The third-order valence-electron chi connectivity index (χ3n) is 2.42. The van der Waals surface area contributed by atoms with E-state index in [9.17, 15) is 0 Å². The maximum Gasteiger partial charge on any atom is 0.320 e. The molecule has 0 aliphatic heterocycles. The minimum Gasteiger partial charge on any atom is -0.481 e. The van der Waals surface area contributed by atoms with Gasteiger partial charge in [-0.2, -0.15) is 4.98 Å². The summed E-state index contributed by atoms with van der Waals surface area (Å²) in [6, 6.07) is 2.41. The maximum absolute atomic E-state index is 5.66. The Bertz CT molecular complexity index is 351. The lowest BCUT2D eigenvalue weighted by Gasteiger charge is -2.31. The van der Waals surface area contributed by atoms with Gasteiger partial charge in [0, 0.05) is 17.8 Å². The Morgan fingerprint density at radius 3 is 2.73 bits per heavy atom.